The number of fused-ring (bicyclic) bond motifs is 9. The van der Waals surface area contributed by atoms with Crippen molar-refractivity contribution in [2.75, 3.05) is 0 Å². The van der Waals surface area contributed by atoms with Crippen molar-refractivity contribution in [2.45, 2.75) is 6.17 Å². The zero-order valence-corrected chi connectivity index (χ0v) is 30.6. The highest BCUT2D eigenvalue weighted by atomic mass is 16.3. The number of furan rings is 1. The minimum atomic E-state index is -0.419. The van der Waals surface area contributed by atoms with Gasteiger partial charge in [0.2, 0.25) is 0 Å². The number of rotatable bonds is 5. The van der Waals surface area contributed by atoms with Crippen molar-refractivity contribution in [3.8, 4) is 11.4 Å². The van der Waals surface area contributed by atoms with Crippen molar-refractivity contribution >= 4 is 77.2 Å². The molecule has 57 heavy (non-hydrogen) atoms. The van der Waals surface area contributed by atoms with Crippen LogP contribution >= 0.6 is 0 Å². The van der Waals surface area contributed by atoms with Gasteiger partial charge in [0.25, 0.3) is 0 Å². The third kappa shape index (κ3) is 4.90. The van der Waals surface area contributed by atoms with Crippen LogP contribution in [0.2, 0.25) is 0 Å². The summed E-state index contributed by atoms with van der Waals surface area (Å²) in [4.78, 5) is 10.2. The lowest BCUT2D eigenvalue weighted by Crippen LogP contribution is -2.16. The van der Waals surface area contributed by atoms with E-state index in [2.05, 4.69) is 137 Å². The lowest BCUT2D eigenvalue weighted by Gasteiger charge is -2.32. The molecule has 1 aliphatic heterocycles. The van der Waals surface area contributed by atoms with Crippen LogP contribution in [-0.2, 0) is 0 Å². The Morgan fingerprint density at radius 2 is 1.07 bits per heavy atom. The first-order chi connectivity index (χ1) is 28.3. The summed E-state index contributed by atoms with van der Waals surface area (Å²) >= 11 is 0. The van der Waals surface area contributed by atoms with Gasteiger partial charge in [0.05, 0.1) is 34.1 Å². The number of hydrogen-bond acceptors (Lipinski definition) is 3. The minimum absolute atomic E-state index is 0.419. The molecule has 4 heterocycles. The summed E-state index contributed by atoms with van der Waals surface area (Å²) in [7, 11) is 0. The molecule has 3 aromatic heterocycles. The molecule has 11 aromatic rings. The van der Waals surface area contributed by atoms with E-state index in [9.17, 15) is 0 Å². The SMILES string of the molecule is c1ccc(C2=NC(c3cccc4oc5cc(-n6c7ccccc7c7cc8c(cc76)c6ccccc6n8-c6ccccc6)ccc5c34)=NC(c3ccccc3)[N-]2)cc1. The second-order valence-electron chi connectivity index (χ2n) is 14.6. The monoisotopic (exact) mass is 730 g/mol. The fraction of sp³-hybridized carbons (Fsp3) is 0.0196. The quantitative estimate of drug-likeness (QED) is 0.174. The van der Waals surface area contributed by atoms with Crippen LogP contribution < -0.4 is 0 Å². The Balaban J connectivity index is 1.06. The van der Waals surface area contributed by atoms with Gasteiger partial charge in [-0.1, -0.05) is 133 Å². The molecule has 0 aliphatic carbocycles. The van der Waals surface area contributed by atoms with Gasteiger partial charge in [0, 0.05) is 55.3 Å². The molecule has 0 saturated carbocycles. The molecule has 1 atom stereocenters. The van der Waals surface area contributed by atoms with Gasteiger partial charge in [-0.15, -0.1) is 0 Å². The molecule has 1 unspecified atom stereocenters. The van der Waals surface area contributed by atoms with Gasteiger partial charge >= 0.3 is 0 Å². The number of aliphatic imine (C=N–C) groups is 2. The first kappa shape index (κ1) is 31.6. The smallest absolute Gasteiger partial charge is 0.137 e. The highest BCUT2D eigenvalue weighted by Gasteiger charge is 2.21. The van der Waals surface area contributed by atoms with E-state index in [0.717, 1.165) is 61.0 Å². The molecule has 8 aromatic carbocycles. The Morgan fingerprint density at radius 1 is 0.456 bits per heavy atom. The standard InChI is InChI=1S/C51H32N5O/c1-4-15-32(16-5-1)49-52-50(33-17-6-2-7-18-33)54-51(53-49)39-23-14-26-46-48(39)38-28-27-35(29-47(38)57-46)56-43-25-13-11-22-37(43)41-30-44-40(31-45(41)56)36-21-10-12-24-42(36)55(44)34-19-8-3-9-20-34/h1-31,49H/q-1. The third-order valence-electron chi connectivity index (χ3n) is 11.3. The van der Waals surface area contributed by atoms with Crippen LogP contribution in [0.25, 0.3) is 82.2 Å². The molecular weight excluding hydrogens is 699 g/mol. The van der Waals surface area contributed by atoms with Gasteiger partial charge in [-0.3, -0.25) is 4.99 Å². The molecule has 6 heteroatoms. The van der Waals surface area contributed by atoms with Crippen LogP contribution in [-0.4, -0.2) is 20.8 Å². The van der Waals surface area contributed by atoms with Crippen molar-refractivity contribution in [1.82, 2.24) is 9.13 Å². The Morgan fingerprint density at radius 3 is 1.77 bits per heavy atom. The van der Waals surface area contributed by atoms with E-state index in [0.29, 0.717) is 11.7 Å². The van der Waals surface area contributed by atoms with Crippen molar-refractivity contribution < 1.29 is 4.42 Å². The van der Waals surface area contributed by atoms with Crippen LogP contribution in [0, 0.1) is 0 Å². The average molecular weight is 731 g/mol. The lowest BCUT2D eigenvalue weighted by atomic mass is 10.0. The molecule has 6 nitrogen and oxygen atoms in total. The largest absolute Gasteiger partial charge is 0.456 e. The van der Waals surface area contributed by atoms with Gasteiger partial charge in [-0.05, 0) is 65.7 Å². The molecule has 0 saturated heterocycles. The van der Waals surface area contributed by atoms with Crippen LogP contribution in [0.4, 0.5) is 0 Å². The maximum absolute atomic E-state index is 6.71. The highest BCUT2D eigenvalue weighted by molar-refractivity contribution is 6.24. The van der Waals surface area contributed by atoms with E-state index in [1.54, 1.807) is 0 Å². The first-order valence-corrected chi connectivity index (χ1v) is 19.2. The zero-order valence-electron chi connectivity index (χ0n) is 30.6. The van der Waals surface area contributed by atoms with Gasteiger partial charge in [0.15, 0.2) is 0 Å². The van der Waals surface area contributed by atoms with E-state index in [1.807, 2.05) is 60.7 Å². The van der Waals surface area contributed by atoms with Gasteiger partial charge in [-0.2, -0.15) is 0 Å². The fourth-order valence-corrected chi connectivity index (χ4v) is 8.75. The Labute approximate surface area is 327 Å². The predicted octanol–water partition coefficient (Wildman–Crippen LogP) is 13.1. The summed E-state index contributed by atoms with van der Waals surface area (Å²) in [6.07, 6.45) is -0.419. The average Bonchev–Trinajstić information content (AvgIpc) is 3.93. The molecular formula is C51H32N5O-. The summed E-state index contributed by atoms with van der Waals surface area (Å²) in [6, 6.07) is 65.8. The van der Waals surface area contributed by atoms with E-state index >= 15 is 0 Å². The molecule has 0 radical (unpaired) electrons. The van der Waals surface area contributed by atoms with Crippen molar-refractivity contribution in [1.29, 1.82) is 0 Å². The molecule has 12 rings (SSSR count). The second-order valence-corrected chi connectivity index (χ2v) is 14.6. The molecule has 0 spiro atoms. The maximum atomic E-state index is 6.71. The van der Waals surface area contributed by atoms with Crippen molar-refractivity contribution in [3.05, 3.63) is 210 Å². The van der Waals surface area contributed by atoms with E-state index in [4.69, 9.17) is 19.7 Å². The van der Waals surface area contributed by atoms with Crippen LogP contribution in [0.5, 0.6) is 0 Å². The van der Waals surface area contributed by atoms with Crippen LogP contribution in [0.1, 0.15) is 22.9 Å². The number of para-hydroxylation sites is 3. The van der Waals surface area contributed by atoms with Gasteiger partial charge in [-0.25, -0.2) is 0 Å². The molecule has 0 fully saturated rings. The number of aromatic nitrogens is 2. The van der Waals surface area contributed by atoms with Gasteiger partial charge in [0.1, 0.15) is 11.2 Å². The zero-order chi connectivity index (χ0) is 37.5. The number of hydrogen-bond donors (Lipinski definition) is 0. The fourth-order valence-electron chi connectivity index (χ4n) is 8.75. The molecule has 0 N–H and O–H groups in total. The number of nitrogens with zero attached hydrogens (tertiary/aromatic N) is 5. The van der Waals surface area contributed by atoms with Crippen molar-refractivity contribution in [3.63, 3.8) is 0 Å². The minimum Gasteiger partial charge on any atom is -0.456 e. The highest BCUT2D eigenvalue weighted by Crippen LogP contribution is 2.41. The molecule has 0 bridgehead atoms. The number of benzene rings is 8. The number of amidine groups is 2. The first-order valence-electron chi connectivity index (χ1n) is 19.2. The van der Waals surface area contributed by atoms with Crippen LogP contribution in [0.15, 0.2) is 202 Å². The van der Waals surface area contributed by atoms with Crippen molar-refractivity contribution in [2.24, 2.45) is 9.98 Å². The molecule has 268 valence electrons. The Hall–Kier alpha value is -7.70. The van der Waals surface area contributed by atoms with E-state index < -0.39 is 6.17 Å². The summed E-state index contributed by atoms with van der Waals surface area (Å²) in [5.74, 6) is 1.30. The summed E-state index contributed by atoms with van der Waals surface area (Å²) in [5.41, 5.74) is 11.3. The van der Waals surface area contributed by atoms with E-state index in [-0.39, 0.29) is 0 Å². The second kappa shape index (κ2) is 12.4. The summed E-state index contributed by atoms with van der Waals surface area (Å²) in [5, 5.41) is 11.8. The Kier molecular flexibility index (Phi) is 6.89. The topological polar surface area (TPSA) is 61.8 Å². The maximum Gasteiger partial charge on any atom is 0.137 e. The molecule has 1 aliphatic rings. The van der Waals surface area contributed by atoms with Gasteiger partial charge < -0.3 is 23.9 Å². The van der Waals surface area contributed by atoms with Crippen LogP contribution in [0.3, 0.4) is 0 Å². The molecule has 0 amide bonds. The summed E-state index contributed by atoms with van der Waals surface area (Å²) < 4.78 is 11.5. The van der Waals surface area contributed by atoms with E-state index in [1.165, 1.54) is 32.6 Å². The normalized spacial score (nSPS) is 14.5. The lowest BCUT2D eigenvalue weighted by molar-refractivity contribution is 0.668. The summed E-state index contributed by atoms with van der Waals surface area (Å²) in [6.45, 7) is 0. The Bertz CT molecular complexity index is 3430. The predicted molar refractivity (Wildman–Crippen MR) is 234 cm³/mol. The third-order valence-corrected chi connectivity index (χ3v) is 11.3.